The topological polar surface area (TPSA) is 65.6 Å². The summed E-state index contributed by atoms with van der Waals surface area (Å²) < 4.78 is 3.65. The van der Waals surface area contributed by atoms with E-state index in [-0.39, 0.29) is 5.56 Å². The molecule has 2 heterocycles. The molecule has 2 aromatic heterocycles. The molecule has 0 radical (unpaired) electrons. The summed E-state index contributed by atoms with van der Waals surface area (Å²) in [5, 5.41) is 9.76. The second-order valence-electron chi connectivity index (χ2n) is 6.85. The van der Waals surface area contributed by atoms with Crippen LogP contribution in [0.15, 0.2) is 64.5 Å². The lowest BCUT2D eigenvalue weighted by Gasteiger charge is -2.15. The van der Waals surface area contributed by atoms with E-state index >= 15 is 0 Å². The van der Waals surface area contributed by atoms with Crippen molar-refractivity contribution in [1.82, 2.24) is 24.5 Å². The van der Waals surface area contributed by atoms with Gasteiger partial charge in [-0.05, 0) is 49.9 Å². The molecule has 5 rings (SSSR count). The summed E-state index contributed by atoms with van der Waals surface area (Å²) in [6.07, 6.45) is 4.41. The van der Waals surface area contributed by atoms with E-state index in [1.165, 1.54) is 40.7 Å². The molecule has 1 aliphatic rings. The Morgan fingerprint density at radius 3 is 2.64 bits per heavy atom. The fourth-order valence-electron chi connectivity index (χ4n) is 3.68. The Labute approximate surface area is 166 Å². The molecule has 2 aromatic carbocycles. The molecule has 0 aliphatic heterocycles. The fraction of sp³-hybridized carbons (Fsp3) is 0.238. The molecule has 0 unspecified atom stereocenters. The van der Waals surface area contributed by atoms with Crippen molar-refractivity contribution in [1.29, 1.82) is 0 Å². The van der Waals surface area contributed by atoms with Crippen LogP contribution in [0, 0.1) is 0 Å². The van der Waals surface area contributed by atoms with E-state index in [1.54, 1.807) is 12.1 Å². The Morgan fingerprint density at radius 1 is 0.964 bits per heavy atom. The first-order chi connectivity index (χ1) is 13.8. The van der Waals surface area contributed by atoms with Crippen molar-refractivity contribution in [3.8, 4) is 5.69 Å². The van der Waals surface area contributed by atoms with Gasteiger partial charge in [-0.1, -0.05) is 47.3 Å². The van der Waals surface area contributed by atoms with Gasteiger partial charge in [0.25, 0.3) is 5.56 Å². The van der Waals surface area contributed by atoms with Crippen LogP contribution in [0.4, 0.5) is 0 Å². The minimum atomic E-state index is -0.124. The van der Waals surface area contributed by atoms with Crippen molar-refractivity contribution in [3.05, 3.63) is 76.3 Å². The van der Waals surface area contributed by atoms with Gasteiger partial charge in [-0.15, -0.1) is 5.10 Å². The predicted octanol–water partition coefficient (Wildman–Crippen LogP) is 3.61. The molecule has 4 aromatic rings. The van der Waals surface area contributed by atoms with E-state index in [1.807, 2.05) is 30.3 Å². The molecular weight excluding hydrogens is 370 g/mol. The number of hydrogen-bond acceptors (Lipinski definition) is 5. The Bertz CT molecular complexity index is 1200. The quantitative estimate of drug-likeness (QED) is 0.499. The number of para-hydroxylation sites is 1. The number of hydrogen-bond donors (Lipinski definition) is 0. The lowest BCUT2D eigenvalue weighted by Crippen LogP contribution is -2.23. The number of fused-ring (bicyclic) bond motifs is 2. The summed E-state index contributed by atoms with van der Waals surface area (Å²) in [6.45, 7) is 0. The van der Waals surface area contributed by atoms with Crippen LogP contribution in [-0.4, -0.2) is 24.5 Å². The van der Waals surface area contributed by atoms with Crippen LogP contribution in [0.2, 0.25) is 0 Å². The van der Waals surface area contributed by atoms with Crippen LogP contribution in [0.5, 0.6) is 0 Å². The summed E-state index contributed by atoms with van der Waals surface area (Å²) >= 11 is 1.52. The maximum Gasteiger partial charge on any atom is 0.278 e. The zero-order valence-corrected chi connectivity index (χ0v) is 16.1. The number of aryl methyl sites for hydroxylation is 1. The van der Waals surface area contributed by atoms with E-state index < -0.39 is 0 Å². The second kappa shape index (κ2) is 7.24. The normalized spacial score (nSPS) is 13.6. The lowest BCUT2D eigenvalue weighted by atomic mass is 10.0. The molecule has 0 bridgehead atoms. The highest BCUT2D eigenvalue weighted by atomic mass is 32.2. The molecule has 140 valence electrons. The minimum absolute atomic E-state index is 0.124. The van der Waals surface area contributed by atoms with Crippen molar-refractivity contribution in [2.75, 3.05) is 0 Å². The molecule has 6 nitrogen and oxygen atoms in total. The summed E-state index contributed by atoms with van der Waals surface area (Å²) in [5.74, 6) is 0.374. The van der Waals surface area contributed by atoms with E-state index in [0.29, 0.717) is 16.8 Å². The smallest absolute Gasteiger partial charge is 0.278 e. The number of rotatable bonds is 4. The van der Waals surface area contributed by atoms with Gasteiger partial charge in [0.15, 0.2) is 5.16 Å². The summed E-state index contributed by atoms with van der Waals surface area (Å²) in [6, 6.07) is 17.6. The zero-order valence-electron chi connectivity index (χ0n) is 15.3. The van der Waals surface area contributed by atoms with Crippen molar-refractivity contribution in [3.63, 3.8) is 0 Å². The Balaban J connectivity index is 1.52. The molecule has 0 atom stereocenters. The maximum absolute atomic E-state index is 12.7. The molecule has 0 saturated heterocycles. The number of benzene rings is 2. The Kier molecular flexibility index (Phi) is 4.44. The fourth-order valence-corrected chi connectivity index (χ4v) is 4.61. The lowest BCUT2D eigenvalue weighted by molar-refractivity contribution is 0.642. The van der Waals surface area contributed by atoms with Crippen molar-refractivity contribution in [2.45, 2.75) is 36.7 Å². The Morgan fingerprint density at radius 2 is 1.75 bits per heavy atom. The van der Waals surface area contributed by atoms with Gasteiger partial charge in [0.05, 0.1) is 17.0 Å². The number of aromatic nitrogens is 5. The van der Waals surface area contributed by atoms with Gasteiger partial charge >= 0.3 is 0 Å². The van der Waals surface area contributed by atoms with Crippen LogP contribution in [0.25, 0.3) is 16.6 Å². The average Bonchev–Trinajstić information content (AvgIpc) is 3.12. The first-order valence-corrected chi connectivity index (χ1v) is 10.4. The van der Waals surface area contributed by atoms with Gasteiger partial charge in [-0.25, -0.2) is 4.98 Å². The monoisotopic (exact) mass is 389 g/mol. The third-order valence-electron chi connectivity index (χ3n) is 5.06. The van der Waals surface area contributed by atoms with Crippen LogP contribution in [0.1, 0.15) is 24.2 Å². The summed E-state index contributed by atoms with van der Waals surface area (Å²) in [4.78, 5) is 17.6. The highest BCUT2D eigenvalue weighted by Gasteiger charge is 2.21. The second-order valence-corrected chi connectivity index (χ2v) is 7.76. The highest BCUT2D eigenvalue weighted by molar-refractivity contribution is 7.98. The molecule has 1 aliphatic carbocycles. The van der Waals surface area contributed by atoms with Gasteiger partial charge in [-0.3, -0.25) is 9.36 Å². The van der Waals surface area contributed by atoms with Crippen molar-refractivity contribution in [2.24, 2.45) is 0 Å². The average molecular weight is 389 g/mol. The number of nitrogens with zero attached hydrogens (tertiary/aromatic N) is 5. The van der Waals surface area contributed by atoms with Gasteiger partial charge in [-0.2, -0.15) is 4.68 Å². The van der Waals surface area contributed by atoms with Crippen molar-refractivity contribution < 1.29 is 0 Å². The van der Waals surface area contributed by atoms with Gasteiger partial charge < -0.3 is 0 Å². The van der Waals surface area contributed by atoms with E-state index in [4.69, 9.17) is 4.98 Å². The molecule has 0 amide bonds. The highest BCUT2D eigenvalue weighted by Crippen LogP contribution is 2.31. The van der Waals surface area contributed by atoms with E-state index in [9.17, 15) is 4.79 Å². The SMILES string of the molecule is O=c1c2ccccc2nnn1CSc1nc2c(n1-c1ccccc1)CCCC2. The van der Waals surface area contributed by atoms with Gasteiger partial charge in [0.2, 0.25) is 0 Å². The first kappa shape index (κ1) is 17.2. The molecule has 7 heteroatoms. The number of imidazole rings is 1. The Hall–Kier alpha value is -2.93. The molecule has 28 heavy (non-hydrogen) atoms. The van der Waals surface area contributed by atoms with Crippen LogP contribution < -0.4 is 5.56 Å². The predicted molar refractivity (Wildman–Crippen MR) is 110 cm³/mol. The maximum atomic E-state index is 12.7. The third-order valence-corrected chi connectivity index (χ3v) is 5.97. The van der Waals surface area contributed by atoms with Crippen LogP contribution in [-0.2, 0) is 18.7 Å². The minimum Gasteiger partial charge on any atom is -0.291 e. The van der Waals surface area contributed by atoms with Gasteiger partial charge in [0, 0.05) is 11.4 Å². The van der Waals surface area contributed by atoms with Crippen LogP contribution >= 0.6 is 11.8 Å². The molecule has 0 N–H and O–H groups in total. The largest absolute Gasteiger partial charge is 0.291 e. The summed E-state index contributed by atoms with van der Waals surface area (Å²) in [5.41, 5.74) is 4.07. The van der Waals surface area contributed by atoms with Gasteiger partial charge in [0.1, 0.15) is 5.52 Å². The van der Waals surface area contributed by atoms with E-state index in [2.05, 4.69) is 27.0 Å². The van der Waals surface area contributed by atoms with Crippen LogP contribution in [0.3, 0.4) is 0 Å². The molecule has 0 saturated carbocycles. The first-order valence-electron chi connectivity index (χ1n) is 9.42. The molecule has 0 fully saturated rings. The summed E-state index contributed by atoms with van der Waals surface area (Å²) in [7, 11) is 0. The van der Waals surface area contributed by atoms with Crippen molar-refractivity contribution >= 4 is 22.7 Å². The zero-order chi connectivity index (χ0) is 18.9. The number of thioether (sulfide) groups is 1. The van der Waals surface area contributed by atoms with E-state index in [0.717, 1.165) is 23.7 Å². The third kappa shape index (κ3) is 3.01. The molecule has 0 spiro atoms. The standard InChI is InChI=1S/C21H19N5OS/c27-20-16-10-4-5-11-17(16)23-24-25(20)14-28-21-22-18-12-6-7-13-19(18)26(21)15-8-2-1-3-9-15/h1-5,8-11H,6-7,12-14H2. The molecular formula is C21H19N5OS.